The van der Waals surface area contributed by atoms with Gasteiger partial charge in [0.15, 0.2) is 0 Å². The Balaban J connectivity index is 2.54. The van der Waals surface area contributed by atoms with E-state index >= 15 is 0 Å². The third kappa shape index (κ3) is 3.13. The number of non-ortho nitro benzene ring substituents is 1. The molecular weight excluding hydrogens is 300 g/mol. The molecule has 0 bridgehead atoms. The van der Waals surface area contributed by atoms with Gasteiger partial charge in [0, 0.05) is 18.7 Å². The maximum absolute atomic E-state index is 12.1. The van der Waals surface area contributed by atoms with E-state index in [1.807, 2.05) is 0 Å². The van der Waals surface area contributed by atoms with Gasteiger partial charge in [0.05, 0.1) is 29.0 Å². The predicted molar refractivity (Wildman–Crippen MR) is 74.8 cm³/mol. The van der Waals surface area contributed by atoms with Crippen LogP contribution < -0.4 is 4.31 Å². The van der Waals surface area contributed by atoms with Crippen LogP contribution in [0.3, 0.4) is 0 Å². The number of ether oxygens (including phenoxy) is 1. The van der Waals surface area contributed by atoms with Crippen LogP contribution in [0.4, 0.5) is 11.4 Å². The first-order valence-corrected chi connectivity index (χ1v) is 7.84. The third-order valence-electron chi connectivity index (χ3n) is 3.17. The number of carbonyl (C=O) groups is 1. The van der Waals surface area contributed by atoms with Gasteiger partial charge in [-0.05, 0) is 18.9 Å². The number of esters is 1. The molecule has 0 aromatic heterocycles. The highest BCUT2D eigenvalue weighted by Crippen LogP contribution is 2.29. The average molecular weight is 314 g/mol. The summed E-state index contributed by atoms with van der Waals surface area (Å²) in [6.07, 6.45) is 1.22. The van der Waals surface area contributed by atoms with Gasteiger partial charge in [-0.2, -0.15) is 0 Å². The second-order valence-electron chi connectivity index (χ2n) is 4.58. The number of nitro benzene ring substituents is 1. The van der Waals surface area contributed by atoms with Crippen molar-refractivity contribution >= 4 is 27.4 Å². The molecule has 0 aliphatic carbocycles. The van der Waals surface area contributed by atoms with E-state index in [0.717, 1.165) is 23.5 Å². The molecule has 114 valence electrons. The lowest BCUT2D eigenvalue weighted by Gasteiger charge is -2.28. The van der Waals surface area contributed by atoms with E-state index < -0.39 is 20.9 Å². The maximum atomic E-state index is 12.1. The van der Waals surface area contributed by atoms with Crippen molar-refractivity contribution in [2.24, 2.45) is 0 Å². The fraction of sp³-hybridized carbons (Fsp3) is 0.417. The van der Waals surface area contributed by atoms with Gasteiger partial charge in [-0.3, -0.25) is 14.4 Å². The summed E-state index contributed by atoms with van der Waals surface area (Å²) >= 11 is 0. The summed E-state index contributed by atoms with van der Waals surface area (Å²) < 4.78 is 29.8. The Morgan fingerprint density at radius 2 is 2.05 bits per heavy atom. The van der Waals surface area contributed by atoms with Crippen LogP contribution in [0, 0.1) is 10.1 Å². The van der Waals surface area contributed by atoms with Crippen LogP contribution >= 0.6 is 0 Å². The van der Waals surface area contributed by atoms with Crippen LogP contribution in [0.2, 0.25) is 0 Å². The van der Waals surface area contributed by atoms with Crippen molar-refractivity contribution in [3.63, 3.8) is 0 Å². The molecule has 1 aromatic carbocycles. The third-order valence-corrected chi connectivity index (χ3v) is 5.04. The van der Waals surface area contributed by atoms with Crippen LogP contribution in [0.1, 0.15) is 23.2 Å². The minimum Gasteiger partial charge on any atom is -0.465 e. The zero-order valence-electron chi connectivity index (χ0n) is 11.3. The molecule has 1 fully saturated rings. The summed E-state index contributed by atoms with van der Waals surface area (Å²) in [5, 5.41) is 10.9. The molecule has 21 heavy (non-hydrogen) atoms. The summed E-state index contributed by atoms with van der Waals surface area (Å²) in [5.41, 5.74) is -0.291. The van der Waals surface area contributed by atoms with Gasteiger partial charge in [-0.15, -0.1) is 0 Å². The van der Waals surface area contributed by atoms with E-state index in [1.165, 1.54) is 6.07 Å². The van der Waals surface area contributed by atoms with Crippen molar-refractivity contribution in [2.45, 2.75) is 12.8 Å². The molecule has 1 aromatic rings. The van der Waals surface area contributed by atoms with Crippen molar-refractivity contribution in [3.05, 3.63) is 33.9 Å². The summed E-state index contributed by atoms with van der Waals surface area (Å²) in [6.45, 7) is 0.240. The van der Waals surface area contributed by atoms with Crippen LogP contribution in [-0.2, 0) is 14.8 Å². The van der Waals surface area contributed by atoms with Crippen LogP contribution in [0.5, 0.6) is 0 Å². The van der Waals surface area contributed by atoms with E-state index in [2.05, 4.69) is 4.74 Å². The quantitative estimate of drug-likeness (QED) is 0.473. The van der Waals surface area contributed by atoms with Gasteiger partial charge in [0.1, 0.15) is 0 Å². The number of nitro groups is 1. The molecule has 2 rings (SSSR count). The van der Waals surface area contributed by atoms with Crippen molar-refractivity contribution in [3.8, 4) is 0 Å². The molecule has 0 N–H and O–H groups in total. The Labute approximate surface area is 121 Å². The average Bonchev–Trinajstić information content (AvgIpc) is 2.45. The topological polar surface area (TPSA) is 107 Å². The minimum absolute atomic E-state index is 0.0107. The van der Waals surface area contributed by atoms with E-state index in [4.69, 9.17) is 0 Å². The number of sulfonamides is 1. The van der Waals surface area contributed by atoms with Gasteiger partial charge in [-0.1, -0.05) is 0 Å². The van der Waals surface area contributed by atoms with Gasteiger partial charge < -0.3 is 4.74 Å². The second kappa shape index (κ2) is 5.68. The number of anilines is 1. The van der Waals surface area contributed by atoms with Gasteiger partial charge in [0.2, 0.25) is 10.0 Å². The molecule has 9 heteroatoms. The molecular formula is C12H14N2O6S. The normalized spacial score (nSPS) is 17.3. The molecule has 1 aliphatic heterocycles. The van der Waals surface area contributed by atoms with Gasteiger partial charge >= 0.3 is 5.97 Å². The first kappa shape index (κ1) is 15.2. The maximum Gasteiger partial charge on any atom is 0.338 e. The predicted octanol–water partition coefficient (Wildman–Crippen LogP) is 1.31. The number of hydrogen-bond acceptors (Lipinski definition) is 6. The number of methoxy groups -OCH3 is 1. The van der Waals surface area contributed by atoms with Gasteiger partial charge in [0.25, 0.3) is 5.69 Å². The Bertz CT molecular complexity index is 685. The van der Waals surface area contributed by atoms with E-state index in [1.54, 1.807) is 0 Å². The molecule has 1 saturated heterocycles. The SMILES string of the molecule is COC(=O)c1cc(N2CCCCS2(=O)=O)cc([N+](=O)[O-])c1. The van der Waals surface area contributed by atoms with Crippen LogP contribution in [0.25, 0.3) is 0 Å². The lowest BCUT2D eigenvalue weighted by molar-refractivity contribution is -0.384. The molecule has 8 nitrogen and oxygen atoms in total. The molecule has 0 atom stereocenters. The Hall–Kier alpha value is -2.16. The first-order valence-electron chi connectivity index (χ1n) is 6.23. The van der Waals surface area contributed by atoms with E-state index in [9.17, 15) is 23.3 Å². The number of benzene rings is 1. The molecule has 0 spiro atoms. The molecule has 1 heterocycles. The van der Waals surface area contributed by atoms with E-state index in [-0.39, 0.29) is 29.2 Å². The lowest BCUT2D eigenvalue weighted by atomic mass is 10.1. The van der Waals surface area contributed by atoms with Crippen molar-refractivity contribution < 1.29 is 22.9 Å². The Kier molecular flexibility index (Phi) is 4.12. The highest BCUT2D eigenvalue weighted by atomic mass is 32.2. The Morgan fingerprint density at radius 3 is 2.62 bits per heavy atom. The molecule has 0 unspecified atom stereocenters. The molecule has 0 amide bonds. The van der Waals surface area contributed by atoms with Crippen LogP contribution in [-0.4, -0.2) is 38.7 Å². The van der Waals surface area contributed by atoms with E-state index in [0.29, 0.717) is 12.8 Å². The second-order valence-corrected chi connectivity index (χ2v) is 6.59. The lowest BCUT2D eigenvalue weighted by Crippen LogP contribution is -2.38. The summed E-state index contributed by atoms with van der Waals surface area (Å²) in [6, 6.07) is 3.50. The monoisotopic (exact) mass is 314 g/mol. The minimum atomic E-state index is -3.51. The van der Waals surface area contributed by atoms with Crippen LogP contribution in [0.15, 0.2) is 18.2 Å². The molecule has 0 saturated carbocycles. The molecule has 1 aliphatic rings. The highest BCUT2D eigenvalue weighted by molar-refractivity contribution is 7.92. The fourth-order valence-corrected chi connectivity index (χ4v) is 3.78. The zero-order valence-corrected chi connectivity index (χ0v) is 12.1. The van der Waals surface area contributed by atoms with Gasteiger partial charge in [-0.25, -0.2) is 13.2 Å². The summed E-state index contributed by atoms with van der Waals surface area (Å²) in [4.78, 5) is 21.8. The molecule has 0 radical (unpaired) electrons. The van der Waals surface area contributed by atoms with Crippen molar-refractivity contribution in [2.75, 3.05) is 23.7 Å². The number of nitrogens with zero attached hydrogens (tertiary/aromatic N) is 2. The highest BCUT2D eigenvalue weighted by Gasteiger charge is 2.28. The fourth-order valence-electron chi connectivity index (χ4n) is 2.16. The largest absolute Gasteiger partial charge is 0.465 e. The Morgan fingerprint density at radius 1 is 1.33 bits per heavy atom. The number of hydrogen-bond donors (Lipinski definition) is 0. The smallest absolute Gasteiger partial charge is 0.338 e. The number of carbonyl (C=O) groups excluding carboxylic acids is 1. The standard InChI is InChI=1S/C12H14N2O6S/c1-20-12(15)9-6-10(8-11(7-9)14(16)17)13-4-2-3-5-21(13,18)19/h6-8H,2-5H2,1H3. The number of rotatable bonds is 3. The summed E-state index contributed by atoms with van der Waals surface area (Å²) in [7, 11) is -2.36. The van der Waals surface area contributed by atoms with Crippen molar-refractivity contribution in [1.82, 2.24) is 0 Å². The first-order chi connectivity index (χ1) is 9.85. The summed E-state index contributed by atoms with van der Waals surface area (Å²) in [5.74, 6) is -0.766. The van der Waals surface area contributed by atoms with Crippen molar-refractivity contribution in [1.29, 1.82) is 0 Å². The zero-order chi connectivity index (χ0) is 15.6.